The summed E-state index contributed by atoms with van der Waals surface area (Å²) in [5.74, 6) is -1.17. The van der Waals surface area contributed by atoms with Crippen molar-refractivity contribution in [1.29, 1.82) is 0 Å². The molecule has 104 valence electrons. The number of ether oxygens (including phenoxy) is 1. The summed E-state index contributed by atoms with van der Waals surface area (Å²) < 4.78 is 32.8. The smallest absolute Gasteiger partial charge is 0.375 e. The van der Waals surface area contributed by atoms with Crippen molar-refractivity contribution in [3.05, 3.63) is 24.3 Å². The first-order valence-electron chi connectivity index (χ1n) is 5.78. The van der Waals surface area contributed by atoms with Crippen LogP contribution in [-0.4, -0.2) is 42.4 Å². The Labute approximate surface area is 113 Å². The number of amides is 1. The molecule has 1 aromatic carbocycles. The van der Waals surface area contributed by atoms with Gasteiger partial charge in [0.25, 0.3) is 0 Å². The monoisotopic (exact) mass is 288 g/mol. The Bertz CT molecular complexity index is 448. The number of nitrogens with two attached hydrogens (primary N) is 1. The fourth-order valence-electron chi connectivity index (χ4n) is 1.68. The molecule has 0 aromatic heterocycles. The van der Waals surface area contributed by atoms with Gasteiger partial charge in [-0.2, -0.15) is 8.78 Å². The van der Waals surface area contributed by atoms with Crippen LogP contribution in [-0.2, 0) is 9.53 Å². The maximum atomic E-state index is 13.9. The van der Waals surface area contributed by atoms with Crippen LogP contribution in [0.25, 0.3) is 0 Å². The normalized spacial score (nSPS) is 16.4. The number of halogens is 2. The van der Waals surface area contributed by atoms with Gasteiger partial charge in [-0.05, 0) is 36.0 Å². The molecule has 1 aliphatic rings. The first-order valence-corrected chi connectivity index (χ1v) is 6.60. The lowest BCUT2D eigenvalue weighted by atomic mass is 10.3. The maximum absolute atomic E-state index is 13.9. The van der Waals surface area contributed by atoms with Crippen molar-refractivity contribution in [2.45, 2.75) is 10.2 Å². The zero-order valence-corrected chi connectivity index (χ0v) is 11.0. The molecule has 1 saturated heterocycles. The third-order valence-electron chi connectivity index (χ3n) is 2.67. The average Bonchev–Trinajstić information content (AvgIpc) is 2.41. The van der Waals surface area contributed by atoms with Crippen LogP contribution in [0.15, 0.2) is 29.2 Å². The minimum atomic E-state index is -3.48. The lowest BCUT2D eigenvalue weighted by molar-refractivity contribution is -0.150. The molecule has 0 radical (unpaired) electrons. The first-order chi connectivity index (χ1) is 8.99. The predicted octanol–water partition coefficient (Wildman–Crippen LogP) is 1.81. The number of nitrogen functional groups attached to an aromatic ring is 1. The summed E-state index contributed by atoms with van der Waals surface area (Å²) >= 11 is 0.235. The molecule has 0 spiro atoms. The second-order valence-corrected chi connectivity index (χ2v) is 5.28. The number of anilines is 1. The van der Waals surface area contributed by atoms with Crippen molar-refractivity contribution < 1.29 is 18.3 Å². The number of alkyl halides is 2. The molecule has 1 heterocycles. The minimum Gasteiger partial charge on any atom is -0.399 e. The summed E-state index contributed by atoms with van der Waals surface area (Å²) in [5, 5.41) is -3.48. The van der Waals surface area contributed by atoms with Crippen molar-refractivity contribution in [3.8, 4) is 0 Å². The molecule has 2 N–H and O–H groups in total. The second-order valence-electron chi connectivity index (χ2n) is 4.09. The fourth-order valence-corrected chi connectivity index (χ4v) is 2.46. The van der Waals surface area contributed by atoms with E-state index < -0.39 is 11.2 Å². The molecule has 1 fully saturated rings. The minimum absolute atomic E-state index is 0.205. The number of nitrogens with zero attached hydrogens (tertiary/aromatic N) is 1. The summed E-state index contributed by atoms with van der Waals surface area (Å²) in [6, 6.07) is 6.00. The van der Waals surface area contributed by atoms with Crippen molar-refractivity contribution in [3.63, 3.8) is 0 Å². The largest absolute Gasteiger partial charge is 0.399 e. The molecule has 0 bridgehead atoms. The van der Waals surface area contributed by atoms with Crippen LogP contribution in [0.1, 0.15) is 0 Å². The highest BCUT2D eigenvalue weighted by Gasteiger charge is 2.43. The highest BCUT2D eigenvalue weighted by atomic mass is 32.2. The van der Waals surface area contributed by atoms with Gasteiger partial charge in [0.1, 0.15) is 0 Å². The van der Waals surface area contributed by atoms with E-state index in [4.69, 9.17) is 10.5 Å². The van der Waals surface area contributed by atoms with Gasteiger partial charge in [0, 0.05) is 23.7 Å². The van der Waals surface area contributed by atoms with E-state index in [9.17, 15) is 13.6 Å². The Morgan fingerprint density at radius 3 is 2.42 bits per heavy atom. The van der Waals surface area contributed by atoms with Gasteiger partial charge in [0.15, 0.2) is 0 Å². The Morgan fingerprint density at radius 2 is 1.84 bits per heavy atom. The third kappa shape index (κ3) is 3.57. The third-order valence-corrected chi connectivity index (χ3v) is 3.61. The van der Waals surface area contributed by atoms with Crippen LogP contribution >= 0.6 is 11.8 Å². The van der Waals surface area contributed by atoms with Gasteiger partial charge in [0.2, 0.25) is 0 Å². The van der Waals surface area contributed by atoms with E-state index in [2.05, 4.69) is 0 Å². The molecule has 0 unspecified atom stereocenters. The molecule has 2 rings (SSSR count). The lowest BCUT2D eigenvalue weighted by Gasteiger charge is -2.29. The fraction of sp³-hybridized carbons (Fsp3) is 0.417. The summed E-state index contributed by atoms with van der Waals surface area (Å²) in [6.45, 7) is 1.01. The molecule has 7 heteroatoms. The Balaban J connectivity index is 2.04. The van der Waals surface area contributed by atoms with E-state index in [-0.39, 0.29) is 24.9 Å². The van der Waals surface area contributed by atoms with Gasteiger partial charge in [-0.3, -0.25) is 4.79 Å². The molecule has 4 nitrogen and oxygen atoms in total. The van der Waals surface area contributed by atoms with E-state index in [1.54, 1.807) is 0 Å². The van der Waals surface area contributed by atoms with E-state index in [1.165, 1.54) is 24.3 Å². The van der Waals surface area contributed by atoms with Gasteiger partial charge in [0.05, 0.1) is 13.2 Å². The van der Waals surface area contributed by atoms with Crippen molar-refractivity contribution in [2.75, 3.05) is 32.0 Å². The molecule has 0 saturated carbocycles. The zero-order chi connectivity index (χ0) is 13.9. The highest BCUT2D eigenvalue weighted by molar-refractivity contribution is 8.01. The Hall–Kier alpha value is -1.34. The molecule has 19 heavy (non-hydrogen) atoms. The van der Waals surface area contributed by atoms with Crippen LogP contribution < -0.4 is 5.73 Å². The van der Waals surface area contributed by atoms with E-state index in [0.29, 0.717) is 23.8 Å². The van der Waals surface area contributed by atoms with Crippen molar-refractivity contribution in [1.82, 2.24) is 4.90 Å². The van der Waals surface area contributed by atoms with Gasteiger partial charge in [-0.25, -0.2) is 0 Å². The van der Waals surface area contributed by atoms with Crippen LogP contribution in [0.5, 0.6) is 0 Å². The SMILES string of the molecule is Nc1ccc(SC(F)(F)C(=O)N2CCOCC2)cc1. The maximum Gasteiger partial charge on any atom is 0.375 e. The molecule has 1 aromatic rings. The van der Waals surface area contributed by atoms with Gasteiger partial charge < -0.3 is 15.4 Å². The van der Waals surface area contributed by atoms with Crippen molar-refractivity contribution in [2.24, 2.45) is 0 Å². The average molecular weight is 288 g/mol. The molecular weight excluding hydrogens is 274 g/mol. The number of morpholine rings is 1. The number of carbonyl (C=O) groups excluding carboxylic acids is 1. The molecule has 0 aliphatic carbocycles. The predicted molar refractivity (Wildman–Crippen MR) is 69.1 cm³/mol. The molecule has 1 amide bonds. The zero-order valence-electron chi connectivity index (χ0n) is 10.1. The number of hydrogen-bond acceptors (Lipinski definition) is 4. The van der Waals surface area contributed by atoms with Crippen LogP contribution in [0.4, 0.5) is 14.5 Å². The van der Waals surface area contributed by atoms with Gasteiger partial charge in [-0.15, -0.1) is 0 Å². The molecular formula is C12H14F2N2O2S. The van der Waals surface area contributed by atoms with Gasteiger partial charge >= 0.3 is 11.2 Å². The lowest BCUT2D eigenvalue weighted by Crippen LogP contribution is -2.47. The molecule has 0 atom stereocenters. The number of hydrogen-bond donors (Lipinski definition) is 1. The molecule has 1 aliphatic heterocycles. The summed E-state index contributed by atoms with van der Waals surface area (Å²) in [7, 11) is 0. The number of carbonyl (C=O) groups is 1. The quantitative estimate of drug-likeness (QED) is 0.681. The van der Waals surface area contributed by atoms with E-state index in [1.807, 2.05) is 0 Å². The number of rotatable bonds is 3. The first kappa shape index (κ1) is 14.1. The van der Waals surface area contributed by atoms with E-state index >= 15 is 0 Å². The Morgan fingerprint density at radius 1 is 1.26 bits per heavy atom. The second kappa shape index (κ2) is 5.75. The van der Waals surface area contributed by atoms with Crippen LogP contribution in [0.3, 0.4) is 0 Å². The summed E-state index contributed by atoms with van der Waals surface area (Å²) in [6.07, 6.45) is 0. The van der Waals surface area contributed by atoms with Gasteiger partial charge in [-0.1, -0.05) is 0 Å². The summed E-state index contributed by atoms with van der Waals surface area (Å²) in [4.78, 5) is 13.2. The summed E-state index contributed by atoms with van der Waals surface area (Å²) in [5.41, 5.74) is 5.97. The highest BCUT2D eigenvalue weighted by Crippen LogP contribution is 2.37. The topological polar surface area (TPSA) is 55.6 Å². The Kier molecular flexibility index (Phi) is 4.26. The number of benzene rings is 1. The number of thioether (sulfide) groups is 1. The van der Waals surface area contributed by atoms with Crippen LogP contribution in [0.2, 0.25) is 0 Å². The standard InChI is InChI=1S/C12H14F2N2O2S/c13-12(14,11(17)16-5-7-18-8-6-16)19-10-3-1-9(15)2-4-10/h1-4H,5-8,15H2. The van der Waals surface area contributed by atoms with Crippen LogP contribution in [0, 0.1) is 0 Å². The van der Waals surface area contributed by atoms with E-state index in [0.717, 1.165) is 4.90 Å². The van der Waals surface area contributed by atoms with Crippen molar-refractivity contribution >= 4 is 23.4 Å².